The van der Waals surface area contributed by atoms with Gasteiger partial charge in [0.25, 0.3) is 0 Å². The smallest absolute Gasteiger partial charge is 0.0933 e. The number of morpholine rings is 1. The molecular weight excluding hydrogens is 166 g/mol. The first-order chi connectivity index (χ1) is 6.33. The summed E-state index contributed by atoms with van der Waals surface area (Å²) in [7, 11) is 0. The van der Waals surface area contributed by atoms with Crippen molar-refractivity contribution < 1.29 is 9.47 Å². The van der Waals surface area contributed by atoms with Crippen LogP contribution in [0.3, 0.4) is 0 Å². The SMILES string of the molecule is CCC(C)COCC1CNCCO1. The first-order valence-corrected chi connectivity index (χ1v) is 5.23. The van der Waals surface area contributed by atoms with E-state index in [2.05, 4.69) is 19.2 Å². The van der Waals surface area contributed by atoms with Crippen molar-refractivity contribution in [2.24, 2.45) is 5.92 Å². The Hall–Kier alpha value is -0.120. The third kappa shape index (κ3) is 4.60. The molecule has 78 valence electrons. The molecule has 1 saturated heterocycles. The van der Waals surface area contributed by atoms with Crippen LogP contribution in [0.15, 0.2) is 0 Å². The maximum absolute atomic E-state index is 5.56. The standard InChI is InChI=1S/C10H21NO2/c1-3-9(2)7-12-8-10-6-11-4-5-13-10/h9-11H,3-8H2,1-2H3. The van der Waals surface area contributed by atoms with E-state index < -0.39 is 0 Å². The predicted octanol–water partition coefficient (Wildman–Crippen LogP) is 1.04. The summed E-state index contributed by atoms with van der Waals surface area (Å²) < 4.78 is 11.1. The fraction of sp³-hybridized carbons (Fsp3) is 1.00. The zero-order chi connectivity index (χ0) is 9.52. The van der Waals surface area contributed by atoms with Crippen LogP contribution in [0.5, 0.6) is 0 Å². The summed E-state index contributed by atoms with van der Waals surface area (Å²) in [6.45, 7) is 8.71. The molecule has 0 amide bonds. The molecule has 0 aromatic carbocycles. The number of nitrogens with one attached hydrogen (secondary N) is 1. The molecule has 0 bridgehead atoms. The zero-order valence-corrected chi connectivity index (χ0v) is 8.71. The average Bonchev–Trinajstić information content (AvgIpc) is 2.19. The molecule has 2 atom stereocenters. The Labute approximate surface area is 80.8 Å². The molecular formula is C10H21NO2. The minimum atomic E-state index is 0.262. The Bertz CT molecular complexity index is 124. The number of hydrogen-bond donors (Lipinski definition) is 1. The molecule has 0 aromatic rings. The highest BCUT2D eigenvalue weighted by atomic mass is 16.5. The normalized spacial score (nSPS) is 25.8. The van der Waals surface area contributed by atoms with Crippen LogP contribution >= 0.6 is 0 Å². The van der Waals surface area contributed by atoms with E-state index in [1.165, 1.54) is 6.42 Å². The van der Waals surface area contributed by atoms with Gasteiger partial charge >= 0.3 is 0 Å². The molecule has 0 spiro atoms. The zero-order valence-electron chi connectivity index (χ0n) is 8.71. The molecule has 1 rings (SSSR count). The lowest BCUT2D eigenvalue weighted by atomic mass is 10.1. The Morgan fingerprint density at radius 3 is 3.08 bits per heavy atom. The van der Waals surface area contributed by atoms with Gasteiger partial charge in [0.15, 0.2) is 0 Å². The summed E-state index contributed by atoms with van der Waals surface area (Å²) in [5.41, 5.74) is 0. The van der Waals surface area contributed by atoms with Gasteiger partial charge in [-0.3, -0.25) is 0 Å². The molecule has 0 aliphatic carbocycles. The van der Waals surface area contributed by atoms with E-state index in [-0.39, 0.29) is 6.10 Å². The minimum Gasteiger partial charge on any atom is -0.378 e. The molecule has 1 fully saturated rings. The van der Waals surface area contributed by atoms with Gasteiger partial charge in [-0.05, 0) is 5.92 Å². The quantitative estimate of drug-likeness (QED) is 0.697. The van der Waals surface area contributed by atoms with Gasteiger partial charge in [0, 0.05) is 19.7 Å². The molecule has 1 heterocycles. The molecule has 0 radical (unpaired) electrons. The molecule has 1 aliphatic rings. The van der Waals surface area contributed by atoms with E-state index in [1.807, 2.05) is 0 Å². The van der Waals surface area contributed by atoms with Crippen LogP contribution in [0.25, 0.3) is 0 Å². The van der Waals surface area contributed by atoms with Crippen LogP contribution < -0.4 is 5.32 Å². The molecule has 1 N–H and O–H groups in total. The van der Waals surface area contributed by atoms with Crippen molar-refractivity contribution in [2.75, 3.05) is 32.9 Å². The molecule has 0 aromatic heterocycles. The van der Waals surface area contributed by atoms with Crippen molar-refractivity contribution in [3.63, 3.8) is 0 Å². The number of ether oxygens (including phenoxy) is 2. The molecule has 0 saturated carbocycles. The summed E-state index contributed by atoms with van der Waals surface area (Å²) in [5, 5.41) is 3.28. The highest BCUT2D eigenvalue weighted by Crippen LogP contribution is 2.02. The largest absolute Gasteiger partial charge is 0.378 e. The van der Waals surface area contributed by atoms with Gasteiger partial charge in [0.05, 0.1) is 19.3 Å². The summed E-state index contributed by atoms with van der Waals surface area (Å²) in [4.78, 5) is 0. The minimum absolute atomic E-state index is 0.262. The van der Waals surface area contributed by atoms with Gasteiger partial charge in [0.1, 0.15) is 0 Å². The van der Waals surface area contributed by atoms with Gasteiger partial charge in [-0.2, -0.15) is 0 Å². The lowest BCUT2D eigenvalue weighted by Gasteiger charge is -2.23. The number of hydrogen-bond acceptors (Lipinski definition) is 3. The van der Waals surface area contributed by atoms with E-state index in [0.717, 1.165) is 32.9 Å². The molecule has 1 aliphatic heterocycles. The Morgan fingerprint density at radius 1 is 1.62 bits per heavy atom. The van der Waals surface area contributed by atoms with E-state index in [1.54, 1.807) is 0 Å². The van der Waals surface area contributed by atoms with Gasteiger partial charge in [-0.25, -0.2) is 0 Å². The monoisotopic (exact) mass is 187 g/mol. The van der Waals surface area contributed by atoms with Crippen LogP contribution in [0, 0.1) is 5.92 Å². The number of rotatable bonds is 5. The third-order valence-corrected chi connectivity index (χ3v) is 2.41. The van der Waals surface area contributed by atoms with E-state index >= 15 is 0 Å². The molecule has 13 heavy (non-hydrogen) atoms. The van der Waals surface area contributed by atoms with E-state index in [0.29, 0.717) is 5.92 Å². The van der Waals surface area contributed by atoms with Crippen LogP contribution in [0.1, 0.15) is 20.3 Å². The molecule has 2 unspecified atom stereocenters. The topological polar surface area (TPSA) is 30.5 Å². The fourth-order valence-corrected chi connectivity index (χ4v) is 1.25. The van der Waals surface area contributed by atoms with Crippen molar-refractivity contribution in [1.29, 1.82) is 0 Å². The lowest BCUT2D eigenvalue weighted by molar-refractivity contribution is -0.0372. The first kappa shape index (κ1) is 11.0. The van der Waals surface area contributed by atoms with Crippen molar-refractivity contribution in [3.8, 4) is 0 Å². The second kappa shape index (κ2) is 6.35. The first-order valence-electron chi connectivity index (χ1n) is 5.23. The van der Waals surface area contributed by atoms with E-state index in [9.17, 15) is 0 Å². The highest BCUT2D eigenvalue weighted by molar-refractivity contribution is 4.66. The van der Waals surface area contributed by atoms with Crippen molar-refractivity contribution in [3.05, 3.63) is 0 Å². The maximum atomic E-state index is 5.56. The fourth-order valence-electron chi connectivity index (χ4n) is 1.25. The van der Waals surface area contributed by atoms with Gasteiger partial charge in [-0.15, -0.1) is 0 Å². The average molecular weight is 187 g/mol. The van der Waals surface area contributed by atoms with Gasteiger partial charge in [-0.1, -0.05) is 20.3 Å². The Morgan fingerprint density at radius 2 is 2.46 bits per heavy atom. The highest BCUT2D eigenvalue weighted by Gasteiger charge is 2.13. The summed E-state index contributed by atoms with van der Waals surface area (Å²) in [5.74, 6) is 0.663. The molecule has 3 nitrogen and oxygen atoms in total. The van der Waals surface area contributed by atoms with Crippen LogP contribution in [0.2, 0.25) is 0 Å². The second-order valence-corrected chi connectivity index (χ2v) is 3.75. The van der Waals surface area contributed by atoms with Crippen molar-refractivity contribution >= 4 is 0 Å². The van der Waals surface area contributed by atoms with Gasteiger partial charge in [0.2, 0.25) is 0 Å². The summed E-state index contributed by atoms with van der Waals surface area (Å²) in [6, 6.07) is 0. The second-order valence-electron chi connectivity index (χ2n) is 3.75. The van der Waals surface area contributed by atoms with Crippen LogP contribution in [-0.4, -0.2) is 39.0 Å². The van der Waals surface area contributed by atoms with Crippen LogP contribution in [-0.2, 0) is 9.47 Å². The van der Waals surface area contributed by atoms with Crippen LogP contribution in [0.4, 0.5) is 0 Å². The predicted molar refractivity (Wildman–Crippen MR) is 52.9 cm³/mol. The Balaban J connectivity index is 1.98. The maximum Gasteiger partial charge on any atom is 0.0933 e. The lowest BCUT2D eigenvalue weighted by Crippen LogP contribution is -2.41. The van der Waals surface area contributed by atoms with E-state index in [4.69, 9.17) is 9.47 Å². The van der Waals surface area contributed by atoms with Crippen molar-refractivity contribution in [1.82, 2.24) is 5.32 Å². The summed E-state index contributed by atoms with van der Waals surface area (Å²) in [6.07, 6.45) is 1.45. The molecule has 3 heteroatoms. The summed E-state index contributed by atoms with van der Waals surface area (Å²) >= 11 is 0. The third-order valence-electron chi connectivity index (χ3n) is 2.41. The van der Waals surface area contributed by atoms with Crippen molar-refractivity contribution in [2.45, 2.75) is 26.4 Å². The van der Waals surface area contributed by atoms with Gasteiger partial charge < -0.3 is 14.8 Å². The Kier molecular flexibility index (Phi) is 5.35.